The highest BCUT2D eigenvalue weighted by Crippen LogP contribution is 2.37. The van der Waals surface area contributed by atoms with Gasteiger partial charge in [0.25, 0.3) is 0 Å². The number of nitrogens with zero attached hydrogens (tertiary/aromatic N) is 5. The van der Waals surface area contributed by atoms with Crippen LogP contribution < -0.4 is 5.32 Å². The van der Waals surface area contributed by atoms with E-state index in [4.69, 9.17) is 6.42 Å². The first-order valence-electron chi connectivity index (χ1n) is 6.71. The highest BCUT2D eigenvalue weighted by Gasteiger charge is 2.39. The van der Waals surface area contributed by atoms with Gasteiger partial charge in [-0.2, -0.15) is 10.2 Å². The van der Waals surface area contributed by atoms with Crippen molar-refractivity contribution in [2.24, 2.45) is 10.2 Å². The molecular formula is C13H18N6O. The number of hydrogen-bond acceptors (Lipinski definition) is 5. The summed E-state index contributed by atoms with van der Waals surface area (Å²) in [5.41, 5.74) is 0.500. The largest absolute Gasteiger partial charge is 0.350 e. The predicted molar refractivity (Wildman–Crippen MR) is 72.4 cm³/mol. The van der Waals surface area contributed by atoms with Gasteiger partial charge in [-0.05, 0) is 6.92 Å². The van der Waals surface area contributed by atoms with Crippen molar-refractivity contribution in [1.29, 1.82) is 0 Å². The van der Waals surface area contributed by atoms with E-state index in [1.54, 1.807) is 10.9 Å². The minimum absolute atomic E-state index is 0.0220. The maximum atomic E-state index is 11.8. The molecule has 2 heterocycles. The van der Waals surface area contributed by atoms with Crippen LogP contribution in [0.1, 0.15) is 38.3 Å². The standard InChI is InChI=1S/C13H18N6O/c1-3-5-7-13(16-17-13)8-6-12(20)14-9-11-10-15-18-19(11)4-2/h1,10H,4-9H2,2H3,(H,14,20). The molecule has 0 bridgehead atoms. The fourth-order valence-corrected chi connectivity index (χ4v) is 1.94. The zero-order valence-corrected chi connectivity index (χ0v) is 11.5. The van der Waals surface area contributed by atoms with Gasteiger partial charge in [-0.15, -0.1) is 17.4 Å². The SMILES string of the molecule is C#CCCC1(CCC(=O)NCc2cnnn2CC)N=N1. The second-order valence-electron chi connectivity index (χ2n) is 4.70. The lowest BCUT2D eigenvalue weighted by molar-refractivity contribution is -0.121. The summed E-state index contributed by atoms with van der Waals surface area (Å²) in [6.07, 6.45) is 9.25. The first-order chi connectivity index (χ1) is 9.69. The fraction of sp³-hybridized carbons (Fsp3) is 0.615. The summed E-state index contributed by atoms with van der Waals surface area (Å²) in [4.78, 5) is 11.8. The number of aromatic nitrogens is 3. The molecule has 0 aliphatic carbocycles. The van der Waals surface area contributed by atoms with Crippen LogP contribution in [-0.4, -0.2) is 26.6 Å². The molecule has 1 amide bonds. The molecule has 0 unspecified atom stereocenters. The van der Waals surface area contributed by atoms with Crippen molar-refractivity contribution >= 4 is 5.91 Å². The van der Waals surface area contributed by atoms with Gasteiger partial charge in [-0.3, -0.25) is 4.79 Å². The van der Waals surface area contributed by atoms with Gasteiger partial charge in [0.15, 0.2) is 5.66 Å². The van der Waals surface area contributed by atoms with E-state index in [2.05, 4.69) is 31.8 Å². The predicted octanol–water partition coefficient (Wildman–Crippen LogP) is 1.27. The summed E-state index contributed by atoms with van der Waals surface area (Å²) in [7, 11) is 0. The number of rotatable bonds is 8. The fourth-order valence-electron chi connectivity index (χ4n) is 1.94. The first kappa shape index (κ1) is 14.2. The summed E-state index contributed by atoms with van der Waals surface area (Å²) in [5, 5.41) is 18.6. The normalized spacial score (nSPS) is 14.8. The Bertz CT molecular complexity index is 535. The lowest BCUT2D eigenvalue weighted by atomic mass is 10.0. The van der Waals surface area contributed by atoms with E-state index in [1.807, 2.05) is 6.92 Å². The van der Waals surface area contributed by atoms with Crippen LogP contribution in [0.2, 0.25) is 0 Å². The number of hydrogen-bond donors (Lipinski definition) is 1. The van der Waals surface area contributed by atoms with E-state index in [-0.39, 0.29) is 5.91 Å². The van der Waals surface area contributed by atoms with Crippen molar-refractivity contribution in [3.8, 4) is 12.3 Å². The van der Waals surface area contributed by atoms with Crippen LogP contribution in [-0.2, 0) is 17.9 Å². The van der Waals surface area contributed by atoms with Gasteiger partial charge in [0.05, 0.1) is 18.4 Å². The molecule has 1 aromatic rings. The van der Waals surface area contributed by atoms with Crippen LogP contribution >= 0.6 is 0 Å². The molecule has 106 valence electrons. The van der Waals surface area contributed by atoms with Gasteiger partial charge >= 0.3 is 0 Å². The van der Waals surface area contributed by atoms with Crippen LogP contribution in [0, 0.1) is 12.3 Å². The average Bonchev–Trinajstić information content (AvgIpc) is 3.09. The molecule has 1 aliphatic heterocycles. The summed E-state index contributed by atoms with van der Waals surface area (Å²) in [5.74, 6) is 2.55. The molecule has 1 aromatic heterocycles. The lowest BCUT2D eigenvalue weighted by Crippen LogP contribution is -2.26. The molecule has 0 aromatic carbocycles. The zero-order valence-electron chi connectivity index (χ0n) is 11.5. The number of nitrogens with one attached hydrogen (secondary N) is 1. The maximum Gasteiger partial charge on any atom is 0.220 e. The van der Waals surface area contributed by atoms with Crippen molar-refractivity contribution in [1.82, 2.24) is 20.3 Å². The number of amides is 1. The Kier molecular flexibility index (Phi) is 4.45. The summed E-state index contributed by atoms with van der Waals surface area (Å²) in [6.45, 7) is 3.15. The monoisotopic (exact) mass is 274 g/mol. The molecule has 1 aliphatic rings. The molecule has 7 heteroatoms. The number of carbonyl (C=O) groups excluding carboxylic acids is 1. The van der Waals surface area contributed by atoms with Gasteiger partial charge in [0, 0.05) is 32.2 Å². The van der Waals surface area contributed by atoms with Crippen molar-refractivity contribution in [3.63, 3.8) is 0 Å². The second-order valence-corrected chi connectivity index (χ2v) is 4.70. The van der Waals surface area contributed by atoms with Crippen LogP contribution in [0.3, 0.4) is 0 Å². The van der Waals surface area contributed by atoms with Gasteiger partial charge in [-0.1, -0.05) is 5.21 Å². The Morgan fingerprint density at radius 2 is 2.30 bits per heavy atom. The van der Waals surface area contributed by atoms with E-state index in [9.17, 15) is 4.79 Å². The van der Waals surface area contributed by atoms with E-state index in [1.165, 1.54) is 0 Å². The zero-order chi connectivity index (χ0) is 14.4. The van der Waals surface area contributed by atoms with Crippen LogP contribution in [0.5, 0.6) is 0 Å². The highest BCUT2D eigenvalue weighted by atomic mass is 16.1. The molecule has 0 fully saturated rings. The van der Waals surface area contributed by atoms with Crippen molar-refractivity contribution in [2.75, 3.05) is 0 Å². The second kappa shape index (κ2) is 6.28. The molecule has 0 radical (unpaired) electrons. The first-order valence-corrected chi connectivity index (χ1v) is 6.71. The van der Waals surface area contributed by atoms with Crippen LogP contribution in [0.15, 0.2) is 16.4 Å². The van der Waals surface area contributed by atoms with Crippen molar-refractivity contribution in [3.05, 3.63) is 11.9 Å². The molecule has 0 saturated carbocycles. The van der Waals surface area contributed by atoms with E-state index in [0.717, 1.165) is 18.7 Å². The quantitative estimate of drug-likeness (QED) is 0.724. The van der Waals surface area contributed by atoms with E-state index in [0.29, 0.717) is 25.8 Å². The highest BCUT2D eigenvalue weighted by molar-refractivity contribution is 5.75. The molecule has 0 saturated heterocycles. The van der Waals surface area contributed by atoms with Crippen LogP contribution in [0.25, 0.3) is 0 Å². The van der Waals surface area contributed by atoms with Crippen molar-refractivity contribution in [2.45, 2.75) is 51.4 Å². The van der Waals surface area contributed by atoms with Gasteiger partial charge < -0.3 is 5.32 Å². The Morgan fingerprint density at radius 1 is 1.50 bits per heavy atom. The van der Waals surface area contributed by atoms with Crippen LogP contribution in [0.4, 0.5) is 0 Å². The van der Waals surface area contributed by atoms with E-state index >= 15 is 0 Å². The average molecular weight is 274 g/mol. The van der Waals surface area contributed by atoms with Gasteiger partial charge in [-0.25, -0.2) is 4.68 Å². The van der Waals surface area contributed by atoms with Gasteiger partial charge in [0.1, 0.15) is 0 Å². The Hall–Kier alpha value is -2.23. The smallest absolute Gasteiger partial charge is 0.220 e. The molecular weight excluding hydrogens is 256 g/mol. The third-order valence-corrected chi connectivity index (χ3v) is 3.27. The summed E-state index contributed by atoms with van der Waals surface area (Å²) < 4.78 is 1.75. The number of terminal acetylenes is 1. The number of carbonyl (C=O) groups is 1. The Labute approximate surface area is 117 Å². The summed E-state index contributed by atoms with van der Waals surface area (Å²) in [6, 6.07) is 0. The summed E-state index contributed by atoms with van der Waals surface area (Å²) >= 11 is 0. The molecule has 20 heavy (non-hydrogen) atoms. The number of aryl methyl sites for hydroxylation is 1. The lowest BCUT2D eigenvalue weighted by Gasteiger charge is -2.09. The Balaban J connectivity index is 1.70. The molecule has 1 N–H and O–H groups in total. The Morgan fingerprint density at radius 3 is 2.95 bits per heavy atom. The van der Waals surface area contributed by atoms with Crippen molar-refractivity contribution < 1.29 is 4.79 Å². The molecule has 0 atom stereocenters. The molecule has 0 spiro atoms. The molecule has 7 nitrogen and oxygen atoms in total. The maximum absolute atomic E-state index is 11.8. The topological polar surface area (TPSA) is 84.5 Å². The minimum Gasteiger partial charge on any atom is -0.350 e. The minimum atomic E-state index is -0.392. The third kappa shape index (κ3) is 3.63. The van der Waals surface area contributed by atoms with Gasteiger partial charge in [0.2, 0.25) is 5.91 Å². The molecule has 2 rings (SSSR count). The van der Waals surface area contributed by atoms with E-state index < -0.39 is 5.66 Å². The third-order valence-electron chi connectivity index (χ3n) is 3.27.